The summed E-state index contributed by atoms with van der Waals surface area (Å²) in [4.78, 5) is 0. The van der Waals surface area contributed by atoms with E-state index >= 15 is 0 Å². The highest BCUT2D eigenvalue weighted by atomic mass is 16.5. The summed E-state index contributed by atoms with van der Waals surface area (Å²) in [6.07, 6.45) is 0. The van der Waals surface area contributed by atoms with Crippen LogP contribution in [0, 0.1) is 0 Å². The van der Waals surface area contributed by atoms with Gasteiger partial charge >= 0.3 is 0 Å². The molecule has 0 aliphatic heterocycles. The fourth-order valence-corrected chi connectivity index (χ4v) is 1.89. The summed E-state index contributed by atoms with van der Waals surface area (Å²) in [7, 11) is 3.34. The molecule has 18 heavy (non-hydrogen) atoms. The van der Waals surface area contributed by atoms with E-state index in [1.165, 1.54) is 0 Å². The Balaban J connectivity index is 2.96. The van der Waals surface area contributed by atoms with E-state index in [0.29, 0.717) is 6.67 Å². The van der Waals surface area contributed by atoms with Crippen LogP contribution in [0.5, 0.6) is 11.5 Å². The van der Waals surface area contributed by atoms with Crippen molar-refractivity contribution in [2.24, 2.45) is 5.84 Å². The van der Waals surface area contributed by atoms with Gasteiger partial charge in [0.2, 0.25) is 0 Å². The van der Waals surface area contributed by atoms with Gasteiger partial charge in [0.15, 0.2) is 0 Å². The average molecular weight is 253 g/mol. The first kappa shape index (κ1) is 14.8. The van der Waals surface area contributed by atoms with Crippen LogP contribution in [-0.2, 0) is 5.41 Å². The molecule has 0 aromatic heterocycles. The zero-order chi connectivity index (χ0) is 13.6. The first-order valence-electron chi connectivity index (χ1n) is 5.92. The number of rotatable bonds is 7. The summed E-state index contributed by atoms with van der Waals surface area (Å²) in [6.45, 7) is 5.64. The fraction of sp³-hybridized carbons (Fsp3) is 0.538. The molecule has 4 N–H and O–H groups in total. The van der Waals surface area contributed by atoms with Crippen LogP contribution < -0.4 is 26.1 Å². The minimum atomic E-state index is -0.0866. The lowest BCUT2D eigenvalue weighted by molar-refractivity contribution is 0.376. The molecule has 1 rings (SSSR count). The van der Waals surface area contributed by atoms with E-state index in [1.807, 2.05) is 18.2 Å². The van der Waals surface area contributed by atoms with Crippen LogP contribution in [0.4, 0.5) is 0 Å². The van der Waals surface area contributed by atoms with Crippen LogP contribution in [-0.4, -0.2) is 27.4 Å². The van der Waals surface area contributed by atoms with Crippen LogP contribution >= 0.6 is 0 Å². The van der Waals surface area contributed by atoms with Crippen LogP contribution in [0.15, 0.2) is 18.2 Å². The number of hydrogen-bond acceptors (Lipinski definition) is 5. The predicted molar refractivity (Wildman–Crippen MR) is 72.8 cm³/mol. The summed E-state index contributed by atoms with van der Waals surface area (Å²) < 4.78 is 10.7. The van der Waals surface area contributed by atoms with Gasteiger partial charge in [0.05, 0.1) is 20.9 Å². The van der Waals surface area contributed by atoms with Crippen LogP contribution in [0.1, 0.15) is 19.4 Å². The van der Waals surface area contributed by atoms with Crippen LogP contribution in [0.25, 0.3) is 0 Å². The maximum Gasteiger partial charge on any atom is 0.122 e. The zero-order valence-electron chi connectivity index (χ0n) is 11.5. The van der Waals surface area contributed by atoms with Crippen molar-refractivity contribution in [1.29, 1.82) is 0 Å². The highest BCUT2D eigenvalue weighted by molar-refractivity contribution is 5.44. The Hall–Kier alpha value is -1.30. The number of benzene rings is 1. The van der Waals surface area contributed by atoms with Crippen molar-refractivity contribution >= 4 is 0 Å². The minimum absolute atomic E-state index is 0.0866. The molecule has 0 fully saturated rings. The van der Waals surface area contributed by atoms with Gasteiger partial charge in [-0.25, -0.2) is 5.43 Å². The van der Waals surface area contributed by atoms with Crippen molar-refractivity contribution in [1.82, 2.24) is 10.7 Å². The summed E-state index contributed by atoms with van der Waals surface area (Å²) in [6, 6.07) is 5.83. The zero-order valence-corrected chi connectivity index (χ0v) is 11.5. The summed E-state index contributed by atoms with van der Waals surface area (Å²) in [5, 5.41) is 3.23. The molecule has 5 nitrogen and oxygen atoms in total. The van der Waals surface area contributed by atoms with E-state index in [1.54, 1.807) is 14.2 Å². The highest BCUT2D eigenvalue weighted by Crippen LogP contribution is 2.34. The van der Waals surface area contributed by atoms with E-state index in [4.69, 9.17) is 15.3 Å². The molecular weight excluding hydrogens is 230 g/mol. The summed E-state index contributed by atoms with van der Waals surface area (Å²) >= 11 is 0. The minimum Gasteiger partial charge on any atom is -0.497 e. The predicted octanol–water partition coefficient (Wildman–Crippen LogP) is 0.992. The quantitative estimate of drug-likeness (QED) is 0.293. The van der Waals surface area contributed by atoms with Gasteiger partial charge in [-0.3, -0.25) is 5.84 Å². The Morgan fingerprint density at radius 3 is 2.50 bits per heavy atom. The standard InChI is InChI=1S/C13H23N3O2/c1-13(2,8-15-9-16-14)11-7-10(17-3)5-6-12(11)18-4/h5-7,15-16H,8-9,14H2,1-4H3. The molecule has 0 unspecified atom stereocenters. The molecule has 0 aliphatic rings. The van der Waals surface area contributed by atoms with Crippen molar-refractivity contribution in [3.05, 3.63) is 23.8 Å². The lowest BCUT2D eigenvalue weighted by Crippen LogP contribution is -2.40. The fourth-order valence-electron chi connectivity index (χ4n) is 1.89. The van der Waals surface area contributed by atoms with Crippen molar-refractivity contribution in [3.63, 3.8) is 0 Å². The lowest BCUT2D eigenvalue weighted by Gasteiger charge is -2.28. The van der Waals surface area contributed by atoms with Crippen LogP contribution in [0.3, 0.4) is 0 Å². The Morgan fingerprint density at radius 2 is 1.94 bits per heavy atom. The Kier molecular flexibility index (Phi) is 5.40. The van der Waals surface area contributed by atoms with E-state index < -0.39 is 0 Å². The highest BCUT2D eigenvalue weighted by Gasteiger charge is 2.24. The normalized spacial score (nSPS) is 11.4. The van der Waals surface area contributed by atoms with Gasteiger partial charge in [0, 0.05) is 17.5 Å². The molecule has 0 heterocycles. The van der Waals surface area contributed by atoms with Gasteiger partial charge in [-0.1, -0.05) is 13.8 Å². The van der Waals surface area contributed by atoms with Gasteiger partial charge in [-0.15, -0.1) is 0 Å². The maximum absolute atomic E-state index is 5.41. The molecule has 0 amide bonds. The van der Waals surface area contributed by atoms with E-state index in [9.17, 15) is 0 Å². The molecule has 0 spiro atoms. The molecule has 0 bridgehead atoms. The SMILES string of the molecule is COc1ccc(OC)c(C(C)(C)CNCNN)c1. The van der Waals surface area contributed by atoms with Crippen molar-refractivity contribution in [2.45, 2.75) is 19.3 Å². The largest absolute Gasteiger partial charge is 0.497 e. The third-order valence-electron chi connectivity index (χ3n) is 2.93. The Labute approximate surface area is 109 Å². The average Bonchev–Trinajstić information content (AvgIpc) is 2.38. The topological polar surface area (TPSA) is 68.5 Å². The number of hydrazine groups is 1. The molecule has 0 saturated carbocycles. The third-order valence-corrected chi connectivity index (χ3v) is 2.93. The molecule has 0 atom stereocenters. The smallest absolute Gasteiger partial charge is 0.122 e. The Morgan fingerprint density at radius 1 is 1.22 bits per heavy atom. The van der Waals surface area contributed by atoms with Gasteiger partial charge in [-0.2, -0.15) is 0 Å². The second-order valence-electron chi connectivity index (χ2n) is 4.76. The molecule has 0 radical (unpaired) electrons. The van der Waals surface area contributed by atoms with Crippen molar-refractivity contribution in [2.75, 3.05) is 27.4 Å². The third kappa shape index (κ3) is 3.60. The van der Waals surface area contributed by atoms with Gasteiger partial charge in [-0.05, 0) is 18.2 Å². The number of nitrogens with one attached hydrogen (secondary N) is 2. The summed E-state index contributed by atoms with van der Waals surface area (Å²) in [5.41, 5.74) is 3.59. The number of hydrogen-bond donors (Lipinski definition) is 3. The van der Waals surface area contributed by atoms with Crippen molar-refractivity contribution in [3.8, 4) is 11.5 Å². The molecule has 1 aromatic carbocycles. The Bertz CT molecular complexity index is 380. The molecule has 5 heteroatoms. The first-order chi connectivity index (χ1) is 8.55. The number of nitrogens with two attached hydrogens (primary N) is 1. The first-order valence-corrected chi connectivity index (χ1v) is 5.92. The second kappa shape index (κ2) is 6.58. The second-order valence-corrected chi connectivity index (χ2v) is 4.76. The lowest BCUT2D eigenvalue weighted by atomic mass is 9.83. The van der Waals surface area contributed by atoms with E-state index in [0.717, 1.165) is 23.6 Å². The van der Waals surface area contributed by atoms with Crippen molar-refractivity contribution < 1.29 is 9.47 Å². The maximum atomic E-state index is 5.41. The molecule has 1 aromatic rings. The van der Waals surface area contributed by atoms with E-state index in [2.05, 4.69) is 24.6 Å². The molecular formula is C13H23N3O2. The van der Waals surface area contributed by atoms with Gasteiger partial charge in [0.25, 0.3) is 0 Å². The van der Waals surface area contributed by atoms with Gasteiger partial charge in [0.1, 0.15) is 11.5 Å². The number of methoxy groups -OCH3 is 2. The number of ether oxygens (including phenoxy) is 2. The van der Waals surface area contributed by atoms with E-state index in [-0.39, 0.29) is 5.41 Å². The molecule has 0 aliphatic carbocycles. The van der Waals surface area contributed by atoms with Crippen LogP contribution in [0.2, 0.25) is 0 Å². The van der Waals surface area contributed by atoms with Gasteiger partial charge < -0.3 is 14.8 Å². The monoisotopic (exact) mass is 253 g/mol. The summed E-state index contributed by atoms with van der Waals surface area (Å²) in [5.74, 6) is 6.93. The molecule has 0 saturated heterocycles. The molecule has 102 valence electrons.